The van der Waals surface area contributed by atoms with Crippen LogP contribution in [-0.4, -0.2) is 34.6 Å². The highest BCUT2D eigenvalue weighted by Gasteiger charge is 2.18. The number of hydrogen-bond donors (Lipinski definition) is 1. The van der Waals surface area contributed by atoms with E-state index in [4.69, 9.17) is 12.2 Å². The van der Waals surface area contributed by atoms with E-state index in [1.807, 2.05) is 6.07 Å². The zero-order valence-corrected chi connectivity index (χ0v) is 13.4. The van der Waals surface area contributed by atoms with Gasteiger partial charge in [0, 0.05) is 17.6 Å². The first-order valence-corrected chi connectivity index (χ1v) is 7.90. The third-order valence-electron chi connectivity index (χ3n) is 3.90. The normalized spacial score (nSPS) is 21.1. The average molecular weight is 340 g/mol. The summed E-state index contributed by atoms with van der Waals surface area (Å²) in [4.78, 5) is 5.72. The van der Waals surface area contributed by atoms with Crippen LogP contribution in [-0.2, 0) is 6.54 Å². The van der Waals surface area contributed by atoms with Gasteiger partial charge in [-0.25, -0.2) is 0 Å². The second kappa shape index (κ2) is 5.38. The maximum atomic E-state index is 5.47. The van der Waals surface area contributed by atoms with Gasteiger partial charge in [0.05, 0.1) is 11.0 Å². The molecule has 0 amide bonds. The number of nitrogens with one attached hydrogen (secondary N) is 1. The van der Waals surface area contributed by atoms with Gasteiger partial charge in [-0.15, -0.1) is 0 Å². The SMILES string of the molecule is CN1CCCC(Cn2c(=S)[nH]c3ccc(Br)cc32)C1. The number of aromatic nitrogens is 2. The molecular weight excluding hydrogens is 322 g/mol. The van der Waals surface area contributed by atoms with E-state index in [9.17, 15) is 0 Å². The monoisotopic (exact) mass is 339 g/mol. The highest BCUT2D eigenvalue weighted by Crippen LogP contribution is 2.23. The number of halogens is 1. The Hall–Kier alpha value is -0.650. The van der Waals surface area contributed by atoms with E-state index in [-0.39, 0.29) is 0 Å². The Labute approximate surface area is 126 Å². The molecule has 5 heteroatoms. The highest BCUT2D eigenvalue weighted by molar-refractivity contribution is 9.10. The van der Waals surface area contributed by atoms with E-state index >= 15 is 0 Å². The molecule has 2 heterocycles. The molecule has 19 heavy (non-hydrogen) atoms. The Morgan fingerprint density at radius 2 is 2.32 bits per heavy atom. The van der Waals surface area contributed by atoms with Crippen LogP contribution in [0.1, 0.15) is 12.8 Å². The summed E-state index contributed by atoms with van der Waals surface area (Å²) in [5.74, 6) is 0.698. The minimum atomic E-state index is 0.698. The van der Waals surface area contributed by atoms with Gasteiger partial charge in [-0.3, -0.25) is 0 Å². The van der Waals surface area contributed by atoms with E-state index in [2.05, 4.69) is 49.6 Å². The lowest BCUT2D eigenvalue weighted by Crippen LogP contribution is -2.34. The quantitative estimate of drug-likeness (QED) is 0.841. The van der Waals surface area contributed by atoms with E-state index in [1.54, 1.807) is 0 Å². The van der Waals surface area contributed by atoms with Crippen molar-refractivity contribution in [2.24, 2.45) is 5.92 Å². The maximum Gasteiger partial charge on any atom is 0.178 e. The third kappa shape index (κ3) is 2.78. The largest absolute Gasteiger partial charge is 0.331 e. The predicted molar refractivity (Wildman–Crippen MR) is 85.0 cm³/mol. The minimum Gasteiger partial charge on any atom is -0.331 e. The molecule has 0 saturated carbocycles. The lowest BCUT2D eigenvalue weighted by molar-refractivity contribution is 0.195. The number of imidazole rings is 1. The van der Waals surface area contributed by atoms with E-state index < -0.39 is 0 Å². The summed E-state index contributed by atoms with van der Waals surface area (Å²) in [5, 5.41) is 0. The molecule has 1 aromatic heterocycles. The first kappa shape index (κ1) is 13.3. The Bertz CT molecular complexity index is 646. The van der Waals surface area contributed by atoms with Gasteiger partial charge in [0.25, 0.3) is 0 Å². The molecule has 1 aromatic carbocycles. The van der Waals surface area contributed by atoms with Crippen LogP contribution in [0.3, 0.4) is 0 Å². The molecule has 1 N–H and O–H groups in total. The molecule has 1 unspecified atom stereocenters. The van der Waals surface area contributed by atoms with Crippen LogP contribution in [0, 0.1) is 10.7 Å². The zero-order chi connectivity index (χ0) is 13.4. The third-order valence-corrected chi connectivity index (χ3v) is 4.72. The van der Waals surface area contributed by atoms with Gasteiger partial charge in [0.2, 0.25) is 0 Å². The molecule has 1 aliphatic heterocycles. The molecule has 0 radical (unpaired) electrons. The van der Waals surface area contributed by atoms with Gasteiger partial charge in [0.15, 0.2) is 4.77 Å². The summed E-state index contributed by atoms with van der Waals surface area (Å²) in [6.07, 6.45) is 2.59. The molecule has 0 aliphatic carbocycles. The van der Waals surface area contributed by atoms with Crippen LogP contribution < -0.4 is 0 Å². The van der Waals surface area contributed by atoms with Crippen molar-refractivity contribution >= 4 is 39.2 Å². The molecule has 0 spiro atoms. The van der Waals surface area contributed by atoms with Crippen molar-refractivity contribution < 1.29 is 0 Å². The van der Waals surface area contributed by atoms with Crippen LogP contribution in [0.4, 0.5) is 0 Å². The first-order valence-electron chi connectivity index (χ1n) is 6.70. The highest BCUT2D eigenvalue weighted by atomic mass is 79.9. The van der Waals surface area contributed by atoms with Gasteiger partial charge >= 0.3 is 0 Å². The fourth-order valence-corrected chi connectivity index (χ4v) is 3.62. The number of rotatable bonds is 2. The molecule has 1 atom stereocenters. The van der Waals surface area contributed by atoms with Crippen LogP contribution >= 0.6 is 28.1 Å². The topological polar surface area (TPSA) is 24.0 Å². The number of aromatic amines is 1. The van der Waals surface area contributed by atoms with Crippen molar-refractivity contribution in [2.45, 2.75) is 19.4 Å². The second-order valence-electron chi connectivity index (χ2n) is 5.47. The van der Waals surface area contributed by atoms with Crippen LogP contribution in [0.5, 0.6) is 0 Å². The fourth-order valence-electron chi connectivity index (χ4n) is 2.99. The Balaban J connectivity index is 1.93. The van der Waals surface area contributed by atoms with Crippen molar-refractivity contribution in [1.82, 2.24) is 14.5 Å². The smallest absolute Gasteiger partial charge is 0.178 e. The first-order chi connectivity index (χ1) is 9.13. The molecule has 2 aromatic rings. The molecule has 1 fully saturated rings. The van der Waals surface area contributed by atoms with Crippen LogP contribution in [0.15, 0.2) is 22.7 Å². The van der Waals surface area contributed by atoms with Crippen molar-refractivity contribution in [3.8, 4) is 0 Å². The number of fused-ring (bicyclic) bond motifs is 1. The number of H-pyrrole nitrogens is 1. The molecule has 1 saturated heterocycles. The van der Waals surface area contributed by atoms with Crippen molar-refractivity contribution in [3.63, 3.8) is 0 Å². The maximum absolute atomic E-state index is 5.47. The van der Waals surface area contributed by atoms with E-state index in [0.29, 0.717) is 5.92 Å². The lowest BCUT2D eigenvalue weighted by atomic mass is 9.98. The fraction of sp³-hybridized carbons (Fsp3) is 0.500. The summed E-state index contributed by atoms with van der Waals surface area (Å²) >= 11 is 9.01. The molecule has 102 valence electrons. The van der Waals surface area contributed by atoms with Crippen molar-refractivity contribution in [1.29, 1.82) is 0 Å². The molecule has 3 rings (SSSR count). The number of nitrogens with zero attached hydrogens (tertiary/aromatic N) is 2. The molecule has 1 aliphatic rings. The summed E-state index contributed by atoms with van der Waals surface area (Å²) in [5.41, 5.74) is 2.32. The van der Waals surface area contributed by atoms with Crippen molar-refractivity contribution in [3.05, 3.63) is 27.4 Å². The molecule has 3 nitrogen and oxygen atoms in total. The summed E-state index contributed by atoms with van der Waals surface area (Å²) in [7, 11) is 2.21. The van der Waals surface area contributed by atoms with Gasteiger partial charge in [0.1, 0.15) is 0 Å². The van der Waals surface area contributed by atoms with Gasteiger partial charge < -0.3 is 14.5 Å². The summed E-state index contributed by atoms with van der Waals surface area (Å²) in [6.45, 7) is 3.41. The van der Waals surface area contributed by atoms with E-state index in [1.165, 1.54) is 31.4 Å². The Morgan fingerprint density at radius 1 is 1.47 bits per heavy atom. The lowest BCUT2D eigenvalue weighted by Gasteiger charge is -2.29. The zero-order valence-electron chi connectivity index (χ0n) is 11.0. The predicted octanol–water partition coefficient (Wildman–Crippen LogP) is 3.80. The van der Waals surface area contributed by atoms with E-state index in [0.717, 1.165) is 21.3 Å². The van der Waals surface area contributed by atoms with Crippen molar-refractivity contribution in [2.75, 3.05) is 20.1 Å². The minimum absolute atomic E-state index is 0.698. The number of likely N-dealkylation sites (tertiary alicyclic amines) is 1. The standard InChI is InChI=1S/C14H18BrN3S/c1-17-6-2-3-10(8-17)9-18-13-7-11(15)4-5-12(13)16-14(18)19/h4-5,7,10H,2-3,6,8-9H2,1H3,(H,16,19). The molecular formula is C14H18BrN3S. The number of piperidine rings is 1. The second-order valence-corrected chi connectivity index (χ2v) is 6.78. The average Bonchev–Trinajstić information content (AvgIpc) is 2.66. The van der Waals surface area contributed by atoms with Crippen LogP contribution in [0.25, 0.3) is 11.0 Å². The summed E-state index contributed by atoms with van der Waals surface area (Å²) < 4.78 is 4.18. The number of hydrogen-bond acceptors (Lipinski definition) is 2. The van der Waals surface area contributed by atoms with Gasteiger partial charge in [-0.1, -0.05) is 15.9 Å². The summed E-state index contributed by atoms with van der Waals surface area (Å²) in [6, 6.07) is 6.28. The van der Waals surface area contributed by atoms with Crippen LogP contribution in [0.2, 0.25) is 0 Å². The Morgan fingerprint density at radius 3 is 3.11 bits per heavy atom. The molecule has 0 bridgehead atoms. The number of benzene rings is 1. The van der Waals surface area contributed by atoms with Gasteiger partial charge in [-0.05, 0) is 62.8 Å². The Kier molecular flexibility index (Phi) is 3.78. The van der Waals surface area contributed by atoms with Gasteiger partial charge in [-0.2, -0.15) is 0 Å².